The zero-order valence-electron chi connectivity index (χ0n) is 11.7. The van der Waals surface area contributed by atoms with Crippen LogP contribution in [0, 0.1) is 0 Å². The van der Waals surface area contributed by atoms with E-state index in [0.717, 1.165) is 17.9 Å². The van der Waals surface area contributed by atoms with Crippen LogP contribution in [-0.4, -0.2) is 31.7 Å². The molecule has 1 aromatic rings. The van der Waals surface area contributed by atoms with E-state index in [0.29, 0.717) is 13.2 Å². The van der Waals surface area contributed by atoms with Crippen molar-refractivity contribution >= 4 is 5.91 Å². The highest BCUT2D eigenvalue weighted by Gasteiger charge is 2.20. The summed E-state index contributed by atoms with van der Waals surface area (Å²) in [6.07, 6.45) is 0.730. The second-order valence-corrected chi connectivity index (χ2v) is 4.86. The van der Waals surface area contributed by atoms with Gasteiger partial charge in [-0.15, -0.1) is 0 Å². The number of amides is 1. The van der Waals surface area contributed by atoms with Gasteiger partial charge in [0, 0.05) is 6.54 Å². The molecule has 0 saturated heterocycles. The lowest BCUT2D eigenvalue weighted by Gasteiger charge is -2.17. The molecular formula is C14H22N2O3. The molecule has 1 aromatic carbocycles. The average Bonchev–Trinajstić information content (AvgIpc) is 2.37. The fraction of sp³-hybridized carbons (Fsp3) is 0.500. The van der Waals surface area contributed by atoms with Crippen molar-refractivity contribution in [2.45, 2.75) is 25.8 Å². The van der Waals surface area contributed by atoms with Crippen LogP contribution in [0.2, 0.25) is 0 Å². The van der Waals surface area contributed by atoms with E-state index in [-0.39, 0.29) is 5.91 Å². The van der Waals surface area contributed by atoms with Gasteiger partial charge >= 0.3 is 0 Å². The van der Waals surface area contributed by atoms with Gasteiger partial charge in [-0.25, -0.2) is 0 Å². The minimum absolute atomic E-state index is 0.156. The molecule has 106 valence electrons. The van der Waals surface area contributed by atoms with Gasteiger partial charge in [-0.3, -0.25) is 4.79 Å². The SMILES string of the molecule is COc1ccc(OCCCNC(=O)C(C)(C)N)cc1. The molecule has 0 aliphatic heterocycles. The minimum atomic E-state index is -0.836. The molecule has 0 atom stereocenters. The fourth-order valence-electron chi connectivity index (χ4n) is 1.36. The predicted octanol–water partition coefficient (Wildman–Crippen LogP) is 1.32. The largest absolute Gasteiger partial charge is 0.497 e. The molecule has 0 radical (unpaired) electrons. The molecule has 0 spiro atoms. The lowest BCUT2D eigenvalue weighted by atomic mass is 10.1. The van der Waals surface area contributed by atoms with Gasteiger partial charge in [0.25, 0.3) is 0 Å². The standard InChI is InChI=1S/C14H22N2O3/c1-14(2,15)13(17)16-9-4-10-19-12-7-5-11(18-3)6-8-12/h5-8H,4,9-10,15H2,1-3H3,(H,16,17). The zero-order chi connectivity index (χ0) is 14.3. The number of nitrogens with one attached hydrogen (secondary N) is 1. The highest BCUT2D eigenvalue weighted by Crippen LogP contribution is 2.16. The van der Waals surface area contributed by atoms with Gasteiger partial charge in [-0.05, 0) is 44.5 Å². The van der Waals surface area contributed by atoms with Crippen LogP contribution < -0.4 is 20.5 Å². The molecule has 1 rings (SSSR count). The van der Waals surface area contributed by atoms with Crippen molar-refractivity contribution in [2.75, 3.05) is 20.3 Å². The first-order chi connectivity index (χ1) is 8.93. The first-order valence-corrected chi connectivity index (χ1v) is 6.27. The summed E-state index contributed by atoms with van der Waals surface area (Å²) < 4.78 is 10.6. The number of methoxy groups -OCH3 is 1. The second-order valence-electron chi connectivity index (χ2n) is 4.86. The lowest BCUT2D eigenvalue weighted by Crippen LogP contribution is -2.49. The van der Waals surface area contributed by atoms with Crippen LogP contribution in [0.3, 0.4) is 0 Å². The van der Waals surface area contributed by atoms with Crippen LogP contribution in [0.5, 0.6) is 11.5 Å². The first kappa shape index (κ1) is 15.3. The molecule has 0 aliphatic carbocycles. The minimum Gasteiger partial charge on any atom is -0.497 e. The number of rotatable bonds is 7. The third-order valence-electron chi connectivity index (χ3n) is 2.52. The third kappa shape index (κ3) is 5.61. The smallest absolute Gasteiger partial charge is 0.239 e. The topological polar surface area (TPSA) is 73.6 Å². The van der Waals surface area contributed by atoms with E-state index in [1.807, 2.05) is 24.3 Å². The summed E-state index contributed by atoms with van der Waals surface area (Å²) in [4.78, 5) is 11.5. The molecule has 0 saturated carbocycles. The quantitative estimate of drug-likeness (QED) is 0.730. The lowest BCUT2D eigenvalue weighted by molar-refractivity contribution is -0.125. The maximum atomic E-state index is 11.5. The maximum absolute atomic E-state index is 11.5. The molecule has 0 aliphatic rings. The van der Waals surface area contributed by atoms with E-state index in [9.17, 15) is 4.79 Å². The van der Waals surface area contributed by atoms with Crippen LogP contribution in [0.25, 0.3) is 0 Å². The van der Waals surface area contributed by atoms with Gasteiger partial charge in [0.2, 0.25) is 5.91 Å². The Hall–Kier alpha value is -1.75. The number of nitrogens with two attached hydrogens (primary N) is 1. The van der Waals surface area contributed by atoms with E-state index in [1.165, 1.54) is 0 Å². The summed E-state index contributed by atoms with van der Waals surface area (Å²) in [5.41, 5.74) is 4.82. The second kappa shape index (κ2) is 6.99. The molecule has 3 N–H and O–H groups in total. The van der Waals surface area contributed by atoms with Crippen molar-refractivity contribution in [1.82, 2.24) is 5.32 Å². The van der Waals surface area contributed by atoms with Gasteiger partial charge in [0.05, 0.1) is 19.3 Å². The van der Waals surface area contributed by atoms with Crippen molar-refractivity contribution in [3.05, 3.63) is 24.3 Å². The number of carbonyl (C=O) groups is 1. The molecule has 0 unspecified atom stereocenters. The van der Waals surface area contributed by atoms with E-state index in [2.05, 4.69) is 5.32 Å². The number of hydrogen-bond donors (Lipinski definition) is 2. The zero-order valence-corrected chi connectivity index (χ0v) is 11.7. The summed E-state index contributed by atoms with van der Waals surface area (Å²) in [7, 11) is 1.62. The Labute approximate surface area is 114 Å². The molecule has 0 bridgehead atoms. The van der Waals surface area contributed by atoms with Crippen LogP contribution in [0.15, 0.2) is 24.3 Å². The monoisotopic (exact) mass is 266 g/mol. The normalized spacial score (nSPS) is 10.9. The Morgan fingerprint density at radius 2 is 1.84 bits per heavy atom. The van der Waals surface area contributed by atoms with Gasteiger partial charge in [-0.2, -0.15) is 0 Å². The molecule has 1 amide bonds. The Kier molecular flexibility index (Phi) is 5.63. The van der Waals surface area contributed by atoms with Crippen molar-refractivity contribution in [3.8, 4) is 11.5 Å². The summed E-state index contributed by atoms with van der Waals surface area (Å²) in [6.45, 7) is 4.44. The van der Waals surface area contributed by atoms with Crippen molar-refractivity contribution in [1.29, 1.82) is 0 Å². The number of hydrogen-bond acceptors (Lipinski definition) is 4. The average molecular weight is 266 g/mol. The van der Waals surface area contributed by atoms with E-state index < -0.39 is 5.54 Å². The summed E-state index contributed by atoms with van der Waals surface area (Å²) >= 11 is 0. The van der Waals surface area contributed by atoms with Crippen molar-refractivity contribution in [2.24, 2.45) is 5.73 Å². The highest BCUT2D eigenvalue weighted by atomic mass is 16.5. The Morgan fingerprint density at radius 3 is 2.37 bits per heavy atom. The Morgan fingerprint density at radius 1 is 1.26 bits per heavy atom. The fourth-order valence-corrected chi connectivity index (χ4v) is 1.36. The van der Waals surface area contributed by atoms with E-state index in [4.69, 9.17) is 15.2 Å². The molecule has 0 aromatic heterocycles. The van der Waals surface area contributed by atoms with Crippen LogP contribution in [-0.2, 0) is 4.79 Å². The molecular weight excluding hydrogens is 244 g/mol. The van der Waals surface area contributed by atoms with Crippen LogP contribution in [0.1, 0.15) is 20.3 Å². The van der Waals surface area contributed by atoms with Gasteiger partial charge in [-0.1, -0.05) is 0 Å². The number of benzene rings is 1. The van der Waals surface area contributed by atoms with Crippen molar-refractivity contribution in [3.63, 3.8) is 0 Å². The molecule has 0 heterocycles. The van der Waals surface area contributed by atoms with Gasteiger partial charge in [0.15, 0.2) is 0 Å². The molecule has 0 fully saturated rings. The van der Waals surface area contributed by atoms with Crippen LogP contribution >= 0.6 is 0 Å². The molecule has 19 heavy (non-hydrogen) atoms. The molecule has 5 heteroatoms. The Balaban J connectivity index is 2.18. The van der Waals surface area contributed by atoms with Crippen molar-refractivity contribution < 1.29 is 14.3 Å². The van der Waals surface area contributed by atoms with Gasteiger partial charge in [0.1, 0.15) is 11.5 Å². The highest BCUT2D eigenvalue weighted by molar-refractivity contribution is 5.84. The van der Waals surface area contributed by atoms with Gasteiger partial charge < -0.3 is 20.5 Å². The summed E-state index contributed by atoms with van der Waals surface area (Å²) in [6, 6.07) is 7.38. The van der Waals surface area contributed by atoms with E-state index in [1.54, 1.807) is 21.0 Å². The summed E-state index contributed by atoms with van der Waals surface area (Å²) in [5.74, 6) is 1.42. The third-order valence-corrected chi connectivity index (χ3v) is 2.52. The summed E-state index contributed by atoms with van der Waals surface area (Å²) in [5, 5.41) is 2.76. The maximum Gasteiger partial charge on any atom is 0.239 e. The Bertz CT molecular complexity index is 396. The van der Waals surface area contributed by atoms with Crippen LogP contribution in [0.4, 0.5) is 0 Å². The van der Waals surface area contributed by atoms with E-state index >= 15 is 0 Å². The predicted molar refractivity (Wildman–Crippen MR) is 74.4 cm³/mol. The molecule has 5 nitrogen and oxygen atoms in total. The number of carbonyl (C=O) groups excluding carboxylic acids is 1. The number of ether oxygens (including phenoxy) is 2. The first-order valence-electron chi connectivity index (χ1n) is 6.27.